The molecule has 0 spiro atoms. The quantitative estimate of drug-likeness (QED) is 0.291. The van der Waals surface area contributed by atoms with Gasteiger partial charge < -0.3 is 11.1 Å². The van der Waals surface area contributed by atoms with Crippen molar-refractivity contribution >= 4 is 51.4 Å². The van der Waals surface area contributed by atoms with Crippen LogP contribution in [0.4, 0.5) is 0 Å². The van der Waals surface area contributed by atoms with E-state index in [9.17, 15) is 0 Å². The second-order valence-electron chi connectivity index (χ2n) is 3.71. The van der Waals surface area contributed by atoms with Crippen LogP contribution in [-0.2, 0) is 0 Å². The van der Waals surface area contributed by atoms with Crippen molar-refractivity contribution in [2.75, 3.05) is 0 Å². The van der Waals surface area contributed by atoms with Gasteiger partial charge in [0.1, 0.15) is 0 Å². The van der Waals surface area contributed by atoms with Crippen LogP contribution in [0, 0.1) is 11.3 Å². The molecule has 1 fully saturated rings. The predicted octanol–water partition coefficient (Wildman–Crippen LogP) is 3.63. The second kappa shape index (κ2) is 6.30. The maximum atomic E-state index is 7.42. The molecule has 1 aliphatic rings. The highest BCUT2D eigenvalue weighted by atomic mass is 127. The summed E-state index contributed by atoms with van der Waals surface area (Å²) < 4.78 is 1.69. The number of rotatable bonds is 1. The minimum atomic E-state index is 0.302. The Balaban J connectivity index is 2.75. The van der Waals surface area contributed by atoms with Crippen LogP contribution in [0.3, 0.4) is 0 Å². The van der Waals surface area contributed by atoms with Crippen molar-refractivity contribution < 1.29 is 0 Å². The Morgan fingerprint density at radius 2 is 2.14 bits per heavy atom. The fourth-order valence-electron chi connectivity index (χ4n) is 1.86. The number of hydrogen-bond acceptors (Lipinski definition) is 2. The predicted molar refractivity (Wildman–Crippen MR) is 78.4 cm³/mol. The molecule has 0 radical (unpaired) electrons. The minimum absolute atomic E-state index is 0.302. The second-order valence-corrected chi connectivity index (χ2v) is 6.64. The Kier molecular flexibility index (Phi) is 5.73. The summed E-state index contributed by atoms with van der Waals surface area (Å²) in [5.74, 6) is 0.302. The molecule has 0 heterocycles. The number of halogens is 2. The monoisotopic (exact) mass is 418 g/mol. The van der Waals surface area contributed by atoms with Crippen LogP contribution in [-0.4, -0.2) is 10.1 Å². The van der Waals surface area contributed by atoms with E-state index in [0.29, 0.717) is 5.92 Å². The Bertz CT molecular complexity index is 234. The normalized spacial score (nSPS) is 33.0. The number of alkyl halides is 1. The van der Waals surface area contributed by atoms with Crippen LogP contribution < -0.4 is 5.73 Å². The molecule has 1 aliphatic carbocycles. The summed E-state index contributed by atoms with van der Waals surface area (Å²) >= 11 is 4.72. The van der Waals surface area contributed by atoms with Gasteiger partial charge >= 0.3 is 0 Å². The lowest BCUT2D eigenvalue weighted by atomic mass is 9.88. The molecule has 3 N–H and O–H groups in total. The average molecular weight is 418 g/mol. The van der Waals surface area contributed by atoms with Gasteiger partial charge in [-0.15, -0.1) is 0 Å². The summed E-state index contributed by atoms with van der Waals surface area (Å²) in [5.41, 5.74) is 7.15. The molecule has 0 saturated heterocycles. The minimum Gasteiger partial charge on any atom is -0.394 e. The zero-order valence-electron chi connectivity index (χ0n) is 8.10. The summed E-state index contributed by atoms with van der Waals surface area (Å²) in [6, 6.07) is 0. The van der Waals surface area contributed by atoms with Gasteiger partial charge in [-0.3, -0.25) is 0 Å². The van der Waals surface area contributed by atoms with Gasteiger partial charge in [0, 0.05) is 16.1 Å². The van der Waals surface area contributed by atoms with Gasteiger partial charge in [-0.1, -0.05) is 29.0 Å². The van der Waals surface area contributed by atoms with E-state index < -0.39 is 0 Å². The summed E-state index contributed by atoms with van der Waals surface area (Å²) in [4.78, 5) is 0. The van der Waals surface area contributed by atoms with Crippen LogP contribution >= 0.6 is 45.2 Å². The van der Waals surface area contributed by atoms with Crippen LogP contribution in [0.15, 0.2) is 9.28 Å². The first kappa shape index (κ1) is 12.7. The number of hydrogen-bond donors (Lipinski definition) is 2. The fraction of sp³-hybridized carbons (Fsp3) is 0.700. The van der Waals surface area contributed by atoms with Crippen LogP contribution in [0.25, 0.3) is 0 Å². The summed E-state index contributed by atoms with van der Waals surface area (Å²) in [6.45, 7) is 0. The molecule has 0 aliphatic heterocycles. The van der Waals surface area contributed by atoms with E-state index in [0.717, 1.165) is 20.5 Å². The molecular weight excluding hydrogens is 402 g/mol. The van der Waals surface area contributed by atoms with Crippen LogP contribution in [0.5, 0.6) is 0 Å². The molecule has 0 bridgehead atoms. The molecule has 0 aromatic carbocycles. The van der Waals surface area contributed by atoms with Crippen molar-refractivity contribution in [1.29, 1.82) is 5.41 Å². The maximum Gasteiger partial charge on any atom is 0.0704 e. The lowest BCUT2D eigenvalue weighted by Gasteiger charge is -2.22. The Morgan fingerprint density at radius 3 is 2.71 bits per heavy atom. The van der Waals surface area contributed by atoms with Gasteiger partial charge in [-0.05, 0) is 53.8 Å². The van der Waals surface area contributed by atoms with E-state index in [4.69, 9.17) is 11.1 Å². The van der Waals surface area contributed by atoms with Gasteiger partial charge in [-0.25, -0.2) is 0 Å². The van der Waals surface area contributed by atoms with Crippen LogP contribution in [0.2, 0.25) is 0 Å². The smallest absolute Gasteiger partial charge is 0.0704 e. The highest BCUT2D eigenvalue weighted by Gasteiger charge is 2.19. The molecule has 2 unspecified atom stereocenters. The topological polar surface area (TPSA) is 49.9 Å². The third-order valence-electron chi connectivity index (χ3n) is 2.71. The van der Waals surface area contributed by atoms with E-state index in [1.165, 1.54) is 24.8 Å². The van der Waals surface area contributed by atoms with E-state index in [2.05, 4.69) is 45.2 Å². The summed E-state index contributed by atoms with van der Waals surface area (Å²) in [5, 5.41) is 7.42. The molecule has 2 atom stereocenters. The highest BCUT2D eigenvalue weighted by Crippen LogP contribution is 2.31. The first-order chi connectivity index (χ1) is 6.65. The molecule has 0 aromatic rings. The Morgan fingerprint density at radius 1 is 1.43 bits per heavy atom. The fourth-order valence-corrected chi connectivity index (χ4v) is 3.28. The van der Waals surface area contributed by atoms with Crippen LogP contribution in [0.1, 0.15) is 32.1 Å². The molecule has 1 rings (SSSR count). The lowest BCUT2D eigenvalue weighted by Crippen LogP contribution is -2.15. The van der Waals surface area contributed by atoms with Gasteiger partial charge in [0.05, 0.1) is 3.70 Å². The van der Waals surface area contributed by atoms with Gasteiger partial charge in [0.2, 0.25) is 0 Å². The molecular formula is C10H16I2N2. The number of nitrogens with two attached hydrogens (primary N) is 1. The molecule has 4 heteroatoms. The van der Waals surface area contributed by atoms with E-state index in [1.54, 1.807) is 6.21 Å². The Labute approximate surface area is 113 Å². The lowest BCUT2D eigenvalue weighted by molar-refractivity contribution is 0.548. The largest absolute Gasteiger partial charge is 0.394 e. The third kappa shape index (κ3) is 3.67. The zero-order chi connectivity index (χ0) is 10.6. The van der Waals surface area contributed by atoms with Crippen molar-refractivity contribution in [3.8, 4) is 0 Å². The van der Waals surface area contributed by atoms with E-state index >= 15 is 0 Å². The molecule has 14 heavy (non-hydrogen) atoms. The molecule has 2 nitrogen and oxygen atoms in total. The van der Waals surface area contributed by atoms with E-state index in [-0.39, 0.29) is 0 Å². The first-order valence-electron chi connectivity index (χ1n) is 4.93. The average Bonchev–Trinajstić information content (AvgIpc) is 2.10. The standard InChI is InChI=1S/C10H16I2N2/c11-8-3-1-2-7(6-13)9(5-4-8)10(12)14/h6-8,13H,1-5,14H2/b10-9-,13-6?. The number of nitrogens with one attached hydrogen (secondary N) is 1. The summed E-state index contributed by atoms with van der Waals surface area (Å²) in [7, 11) is 0. The zero-order valence-corrected chi connectivity index (χ0v) is 12.4. The molecule has 80 valence electrons. The van der Waals surface area contributed by atoms with Crippen molar-refractivity contribution in [3.05, 3.63) is 9.28 Å². The molecule has 0 amide bonds. The van der Waals surface area contributed by atoms with Crippen molar-refractivity contribution in [2.45, 2.75) is 36.0 Å². The third-order valence-corrected chi connectivity index (χ3v) is 4.65. The number of allylic oxidation sites excluding steroid dienone is 1. The highest BCUT2D eigenvalue weighted by molar-refractivity contribution is 14.1. The summed E-state index contributed by atoms with van der Waals surface area (Å²) in [6.07, 6.45) is 7.46. The molecule has 0 aromatic heterocycles. The maximum absolute atomic E-state index is 7.42. The van der Waals surface area contributed by atoms with Crippen molar-refractivity contribution in [3.63, 3.8) is 0 Å². The van der Waals surface area contributed by atoms with E-state index in [1.807, 2.05) is 0 Å². The first-order valence-corrected chi connectivity index (χ1v) is 7.26. The van der Waals surface area contributed by atoms with Gasteiger partial charge in [-0.2, -0.15) is 0 Å². The van der Waals surface area contributed by atoms with Crippen molar-refractivity contribution in [2.24, 2.45) is 11.7 Å². The van der Waals surface area contributed by atoms with Gasteiger partial charge in [0.25, 0.3) is 0 Å². The molecule has 1 saturated carbocycles. The Hall–Kier alpha value is 0.670. The van der Waals surface area contributed by atoms with Crippen molar-refractivity contribution in [1.82, 2.24) is 0 Å². The SMILES string of the molecule is N=CC1CCCC(I)CC/C1=C(/N)I. The van der Waals surface area contributed by atoms with Gasteiger partial charge in [0.15, 0.2) is 0 Å².